The van der Waals surface area contributed by atoms with Crippen LogP contribution in [0.5, 0.6) is 0 Å². The molecule has 5 rings (SSSR count). The number of hydrogen-bond acceptors (Lipinski definition) is 10. The topological polar surface area (TPSA) is 173 Å². The van der Waals surface area contributed by atoms with Crippen molar-refractivity contribution in [2.75, 3.05) is 11.9 Å². The molecule has 2 aliphatic heterocycles. The summed E-state index contributed by atoms with van der Waals surface area (Å²) in [6.45, 7) is 7.17. The van der Waals surface area contributed by atoms with Crippen LogP contribution in [0, 0.1) is 5.41 Å². The first-order valence-electron chi connectivity index (χ1n) is 14.8. The lowest BCUT2D eigenvalue weighted by Crippen LogP contribution is -2.37. The van der Waals surface area contributed by atoms with Crippen LogP contribution in [-0.4, -0.2) is 62.0 Å². The number of hydrogen-bond donors (Lipinski definition) is 2. The summed E-state index contributed by atoms with van der Waals surface area (Å²) in [5, 5.41) is 2.63. The lowest BCUT2D eigenvalue weighted by molar-refractivity contribution is -0.164. The highest BCUT2D eigenvalue weighted by molar-refractivity contribution is 6.03. The van der Waals surface area contributed by atoms with Crippen LogP contribution in [0.1, 0.15) is 69.8 Å². The molecule has 45 heavy (non-hydrogen) atoms. The molecule has 14 nitrogen and oxygen atoms in total. The van der Waals surface area contributed by atoms with E-state index in [-0.39, 0.29) is 30.9 Å². The predicted molar refractivity (Wildman–Crippen MR) is 161 cm³/mol. The smallest absolute Gasteiger partial charge is 0.351 e. The second-order valence-corrected chi connectivity index (χ2v) is 12.0. The number of benzene rings is 1. The van der Waals surface area contributed by atoms with Crippen molar-refractivity contribution < 1.29 is 28.5 Å². The van der Waals surface area contributed by atoms with Gasteiger partial charge < -0.3 is 24.3 Å². The molecule has 2 fully saturated rings. The van der Waals surface area contributed by atoms with Gasteiger partial charge in [-0.05, 0) is 45.4 Å². The third-order valence-electron chi connectivity index (χ3n) is 7.69. The molecule has 0 spiro atoms. The summed E-state index contributed by atoms with van der Waals surface area (Å²) in [5.74, 6) is -0.694. The number of carbonyl (C=O) groups excluding carboxylic acids is 2. The van der Waals surface area contributed by atoms with Gasteiger partial charge in [0.1, 0.15) is 30.5 Å². The molecule has 0 aliphatic carbocycles. The number of esters is 1. The van der Waals surface area contributed by atoms with Crippen molar-refractivity contribution in [3.05, 3.63) is 91.7 Å². The van der Waals surface area contributed by atoms with Gasteiger partial charge in [0.25, 0.3) is 11.5 Å². The zero-order chi connectivity index (χ0) is 32.3. The number of nitrogens with one attached hydrogen (secondary N) is 2. The van der Waals surface area contributed by atoms with Gasteiger partial charge in [-0.15, -0.1) is 0 Å². The fourth-order valence-electron chi connectivity index (χ4n) is 5.22. The fourth-order valence-corrected chi connectivity index (χ4v) is 5.22. The van der Waals surface area contributed by atoms with Crippen LogP contribution in [0.2, 0.25) is 0 Å². The number of rotatable bonds is 9. The molecule has 0 saturated carbocycles. The molecule has 1 amide bonds. The zero-order valence-electron chi connectivity index (χ0n) is 25.5. The van der Waals surface area contributed by atoms with Crippen LogP contribution < -0.4 is 22.3 Å². The molecular formula is C31H37N5O9. The fraction of sp³-hybridized carbons (Fsp3) is 0.484. The molecular weight excluding hydrogens is 586 g/mol. The molecule has 240 valence electrons. The molecule has 0 radical (unpaired) electrons. The monoisotopic (exact) mass is 623 g/mol. The minimum atomic E-state index is -0.791. The van der Waals surface area contributed by atoms with E-state index in [0.29, 0.717) is 18.4 Å². The van der Waals surface area contributed by atoms with Crippen molar-refractivity contribution in [2.45, 2.75) is 83.8 Å². The average molecular weight is 624 g/mol. The molecule has 6 atom stereocenters. The molecule has 0 bridgehead atoms. The minimum absolute atomic E-state index is 0.0194. The largest absolute Gasteiger partial charge is 0.459 e. The maximum Gasteiger partial charge on any atom is 0.351 e. The second-order valence-electron chi connectivity index (χ2n) is 12.0. The van der Waals surface area contributed by atoms with Gasteiger partial charge in [-0.2, -0.15) is 4.98 Å². The van der Waals surface area contributed by atoms with Crippen molar-refractivity contribution in [1.82, 2.24) is 19.1 Å². The number of nitrogens with zero attached hydrogens (tertiary/aromatic N) is 3. The molecule has 2 unspecified atom stereocenters. The van der Waals surface area contributed by atoms with Crippen molar-refractivity contribution in [1.29, 1.82) is 0 Å². The Balaban J connectivity index is 1.26. The Morgan fingerprint density at radius 3 is 2.29 bits per heavy atom. The molecule has 3 aromatic rings. The van der Waals surface area contributed by atoms with E-state index in [1.54, 1.807) is 51.1 Å². The number of H-pyrrole nitrogens is 1. The van der Waals surface area contributed by atoms with Crippen molar-refractivity contribution in [2.24, 2.45) is 5.41 Å². The molecule has 14 heteroatoms. The maximum atomic E-state index is 12.9. The average Bonchev–Trinajstić information content (AvgIpc) is 3.59. The highest BCUT2D eigenvalue weighted by Gasteiger charge is 2.43. The Morgan fingerprint density at radius 1 is 0.956 bits per heavy atom. The number of carbonyl (C=O) groups is 2. The molecule has 1 aromatic carbocycles. The molecule has 4 heterocycles. The van der Waals surface area contributed by atoms with E-state index >= 15 is 0 Å². The summed E-state index contributed by atoms with van der Waals surface area (Å²) in [7, 11) is 0. The van der Waals surface area contributed by atoms with E-state index in [2.05, 4.69) is 15.3 Å². The van der Waals surface area contributed by atoms with Gasteiger partial charge in [0.05, 0.1) is 24.2 Å². The van der Waals surface area contributed by atoms with Gasteiger partial charge >= 0.3 is 17.3 Å². The third kappa shape index (κ3) is 7.47. The summed E-state index contributed by atoms with van der Waals surface area (Å²) >= 11 is 0. The highest BCUT2D eigenvalue weighted by Crippen LogP contribution is 2.35. The zero-order valence-corrected chi connectivity index (χ0v) is 25.5. The van der Waals surface area contributed by atoms with Gasteiger partial charge in [0.2, 0.25) is 0 Å². The van der Waals surface area contributed by atoms with E-state index in [1.807, 2.05) is 6.92 Å². The number of aromatic nitrogens is 4. The SMILES string of the molecule is CC[C@H]1O[C@@H](n2ccc(NC(=O)c3ccccc3)nc2=O)CC1OC[C@H]1O[C@@H](n2ccc(=O)[nH]c2=O)CC1OC(=O)C(C)(C)C. The van der Waals surface area contributed by atoms with Crippen LogP contribution in [0.4, 0.5) is 5.82 Å². The lowest BCUT2D eigenvalue weighted by Gasteiger charge is -2.25. The number of aromatic amines is 1. The summed E-state index contributed by atoms with van der Waals surface area (Å²) in [5.41, 5.74) is -2.10. The highest BCUT2D eigenvalue weighted by atomic mass is 16.6. The van der Waals surface area contributed by atoms with Crippen LogP contribution >= 0.6 is 0 Å². The molecule has 2 N–H and O–H groups in total. The number of ether oxygens (including phenoxy) is 4. The van der Waals surface area contributed by atoms with Crippen molar-refractivity contribution in [3.8, 4) is 0 Å². The number of anilines is 1. The van der Waals surface area contributed by atoms with Gasteiger partial charge in [-0.25, -0.2) is 9.59 Å². The summed E-state index contributed by atoms with van der Waals surface area (Å²) in [6, 6.07) is 11.3. The van der Waals surface area contributed by atoms with Gasteiger partial charge in [-0.1, -0.05) is 25.1 Å². The third-order valence-corrected chi connectivity index (χ3v) is 7.69. The van der Waals surface area contributed by atoms with Crippen LogP contribution in [0.15, 0.2) is 69.2 Å². The van der Waals surface area contributed by atoms with Crippen LogP contribution in [0.3, 0.4) is 0 Å². The maximum absolute atomic E-state index is 12.9. The van der Waals surface area contributed by atoms with E-state index in [4.69, 9.17) is 18.9 Å². The predicted octanol–water partition coefficient (Wildman–Crippen LogP) is 2.37. The van der Waals surface area contributed by atoms with Crippen molar-refractivity contribution >= 4 is 17.7 Å². The summed E-state index contributed by atoms with van der Waals surface area (Å²) in [4.78, 5) is 68.3. The molecule has 2 saturated heterocycles. The van der Waals surface area contributed by atoms with Gasteiger partial charge in [-0.3, -0.25) is 28.5 Å². The van der Waals surface area contributed by atoms with E-state index < -0.39 is 59.1 Å². The number of amides is 1. The quantitative estimate of drug-likeness (QED) is 0.337. The second kappa shape index (κ2) is 13.3. The summed E-state index contributed by atoms with van der Waals surface area (Å²) in [6.07, 6.45) is 0.293. The first-order chi connectivity index (χ1) is 21.4. The Kier molecular flexibility index (Phi) is 9.46. The van der Waals surface area contributed by atoms with Gasteiger partial charge in [0, 0.05) is 36.9 Å². The Bertz CT molecular complexity index is 1690. The van der Waals surface area contributed by atoms with Crippen molar-refractivity contribution in [3.63, 3.8) is 0 Å². The molecule has 2 aromatic heterocycles. The minimum Gasteiger partial charge on any atom is -0.459 e. The van der Waals surface area contributed by atoms with Gasteiger partial charge in [0.15, 0.2) is 0 Å². The lowest BCUT2D eigenvalue weighted by atomic mass is 9.97. The van der Waals surface area contributed by atoms with Crippen LogP contribution in [0.25, 0.3) is 0 Å². The van der Waals surface area contributed by atoms with E-state index in [1.165, 1.54) is 33.7 Å². The van der Waals surface area contributed by atoms with E-state index in [0.717, 1.165) is 0 Å². The van der Waals surface area contributed by atoms with E-state index in [9.17, 15) is 24.0 Å². The first-order valence-corrected chi connectivity index (χ1v) is 14.8. The Hall–Kier alpha value is -4.40. The Morgan fingerprint density at radius 2 is 1.62 bits per heavy atom. The van der Waals surface area contributed by atoms with Crippen LogP contribution in [-0.2, 0) is 23.7 Å². The summed E-state index contributed by atoms with van der Waals surface area (Å²) < 4.78 is 26.9. The standard InChI is InChI=1S/C31H37N5O9/c1-5-19-20(15-25(43-19)35-13-11-23(33-29(35)40)32-27(38)18-9-7-6-8-10-18)42-17-22-21(45-28(39)31(2,3)4)16-26(44-22)36-14-12-24(37)34-30(36)41/h6-14,19-22,25-26H,5,15-17H2,1-4H3,(H,34,37,41)(H,32,33,38,40)/t19-,20?,21?,22-,25-,26-/m1/s1. The Labute approximate surface area is 258 Å². The first kappa shape index (κ1) is 32.0. The molecule has 2 aliphatic rings. The normalized spacial score (nSPS) is 24.8.